The molecule has 130 valence electrons. The lowest BCUT2D eigenvalue weighted by molar-refractivity contribution is 0.0437. The van der Waals surface area contributed by atoms with Crippen LogP contribution in [-0.4, -0.2) is 55.7 Å². The number of guanidine groups is 1. The van der Waals surface area contributed by atoms with Gasteiger partial charge >= 0.3 is 0 Å². The Kier molecular flexibility index (Phi) is 6.07. The second kappa shape index (κ2) is 7.84. The Morgan fingerprint density at radius 2 is 2.22 bits per heavy atom. The summed E-state index contributed by atoms with van der Waals surface area (Å²) in [6.45, 7) is 5.63. The Labute approximate surface area is 139 Å². The zero-order chi connectivity index (χ0) is 16.9. The van der Waals surface area contributed by atoms with Gasteiger partial charge < -0.3 is 25.1 Å². The smallest absolute Gasteiger partial charge is 0.191 e. The standard InChI is InChI=1S/C17H30N4O2/c1-5-18-16(19-11-14(21(3)4)13-8-9-13)20-12-17(2,22)15-7-6-10-23-15/h6-7,10,13-14,22H,5,8-9,11-12H2,1-4H3,(H2,18,19,20). The van der Waals surface area contributed by atoms with Gasteiger partial charge in [0.1, 0.15) is 11.4 Å². The molecule has 1 aliphatic rings. The molecule has 0 aromatic carbocycles. The van der Waals surface area contributed by atoms with Crippen LogP contribution < -0.4 is 10.6 Å². The average Bonchev–Trinajstić information content (AvgIpc) is 3.15. The van der Waals surface area contributed by atoms with E-state index < -0.39 is 5.60 Å². The molecule has 2 atom stereocenters. The number of furan rings is 1. The Hall–Kier alpha value is -1.53. The minimum Gasteiger partial charge on any atom is -0.466 e. The summed E-state index contributed by atoms with van der Waals surface area (Å²) in [4.78, 5) is 6.79. The van der Waals surface area contributed by atoms with Crippen LogP contribution in [0.25, 0.3) is 0 Å². The fourth-order valence-electron chi connectivity index (χ4n) is 2.69. The SMILES string of the molecule is CCNC(=NCC(C)(O)c1ccco1)NCC(C1CC1)N(C)C. The Morgan fingerprint density at radius 1 is 1.48 bits per heavy atom. The summed E-state index contributed by atoms with van der Waals surface area (Å²) < 4.78 is 5.29. The van der Waals surface area contributed by atoms with Crippen molar-refractivity contribution in [3.63, 3.8) is 0 Å². The van der Waals surface area contributed by atoms with E-state index in [0.717, 1.165) is 25.0 Å². The maximum Gasteiger partial charge on any atom is 0.191 e. The Balaban J connectivity index is 1.94. The predicted octanol–water partition coefficient (Wildman–Crippen LogP) is 1.38. The molecule has 1 heterocycles. The lowest BCUT2D eigenvalue weighted by Gasteiger charge is -2.26. The molecule has 2 rings (SSSR count). The van der Waals surface area contributed by atoms with Gasteiger partial charge in [-0.15, -0.1) is 0 Å². The number of nitrogens with zero attached hydrogens (tertiary/aromatic N) is 2. The van der Waals surface area contributed by atoms with E-state index >= 15 is 0 Å². The first-order valence-corrected chi connectivity index (χ1v) is 8.39. The van der Waals surface area contributed by atoms with Gasteiger partial charge in [-0.2, -0.15) is 0 Å². The highest BCUT2D eigenvalue weighted by Crippen LogP contribution is 2.34. The Bertz CT molecular complexity index is 491. The minimum absolute atomic E-state index is 0.242. The predicted molar refractivity (Wildman–Crippen MR) is 92.5 cm³/mol. The fourth-order valence-corrected chi connectivity index (χ4v) is 2.69. The van der Waals surface area contributed by atoms with Crippen LogP contribution in [0.5, 0.6) is 0 Å². The number of aliphatic hydroxyl groups is 1. The molecule has 1 saturated carbocycles. The number of likely N-dealkylation sites (N-methyl/N-ethyl adjacent to an activating group) is 1. The molecule has 6 nitrogen and oxygen atoms in total. The van der Waals surface area contributed by atoms with Crippen molar-refractivity contribution < 1.29 is 9.52 Å². The van der Waals surface area contributed by atoms with Gasteiger partial charge in [0.05, 0.1) is 12.8 Å². The first-order chi connectivity index (χ1) is 10.9. The number of nitrogens with one attached hydrogen (secondary N) is 2. The van der Waals surface area contributed by atoms with Gasteiger partial charge in [-0.25, -0.2) is 4.99 Å². The zero-order valence-corrected chi connectivity index (χ0v) is 14.7. The molecular weight excluding hydrogens is 292 g/mol. The highest BCUT2D eigenvalue weighted by atomic mass is 16.4. The van der Waals surface area contributed by atoms with Gasteiger partial charge in [0, 0.05) is 19.1 Å². The van der Waals surface area contributed by atoms with E-state index in [2.05, 4.69) is 34.6 Å². The van der Waals surface area contributed by atoms with Gasteiger partial charge in [-0.3, -0.25) is 0 Å². The van der Waals surface area contributed by atoms with Gasteiger partial charge in [0.2, 0.25) is 0 Å². The molecule has 1 fully saturated rings. The molecule has 23 heavy (non-hydrogen) atoms. The summed E-state index contributed by atoms with van der Waals surface area (Å²) >= 11 is 0. The van der Waals surface area contributed by atoms with Crippen molar-refractivity contribution in [2.45, 2.75) is 38.3 Å². The van der Waals surface area contributed by atoms with Gasteiger partial charge in [-0.05, 0) is 58.8 Å². The lowest BCUT2D eigenvalue weighted by atomic mass is 10.0. The molecule has 1 aliphatic carbocycles. The third-order valence-electron chi connectivity index (χ3n) is 4.25. The molecule has 0 spiro atoms. The molecule has 0 radical (unpaired) electrons. The van der Waals surface area contributed by atoms with Crippen molar-refractivity contribution in [1.29, 1.82) is 0 Å². The molecule has 0 aliphatic heterocycles. The first-order valence-electron chi connectivity index (χ1n) is 8.39. The van der Waals surface area contributed by atoms with E-state index in [-0.39, 0.29) is 6.54 Å². The van der Waals surface area contributed by atoms with E-state index in [1.807, 2.05) is 6.92 Å². The van der Waals surface area contributed by atoms with Crippen LogP contribution in [0.1, 0.15) is 32.4 Å². The third kappa shape index (κ3) is 5.25. The molecule has 0 amide bonds. The zero-order valence-electron chi connectivity index (χ0n) is 14.7. The largest absolute Gasteiger partial charge is 0.466 e. The third-order valence-corrected chi connectivity index (χ3v) is 4.25. The van der Waals surface area contributed by atoms with Crippen molar-refractivity contribution >= 4 is 5.96 Å². The number of hydrogen-bond donors (Lipinski definition) is 3. The number of aliphatic imine (C=N–C) groups is 1. The second-order valence-electron chi connectivity index (χ2n) is 6.70. The summed E-state index contributed by atoms with van der Waals surface area (Å²) in [6, 6.07) is 4.06. The maximum atomic E-state index is 10.5. The first kappa shape index (κ1) is 17.8. The molecule has 0 saturated heterocycles. The number of hydrogen-bond acceptors (Lipinski definition) is 4. The van der Waals surface area contributed by atoms with Crippen LogP contribution in [-0.2, 0) is 5.60 Å². The molecular formula is C17H30N4O2. The van der Waals surface area contributed by atoms with E-state index in [4.69, 9.17) is 4.42 Å². The van der Waals surface area contributed by atoms with Crippen LogP contribution in [0.3, 0.4) is 0 Å². The topological polar surface area (TPSA) is 73.0 Å². The van der Waals surface area contributed by atoms with Crippen LogP contribution in [0.2, 0.25) is 0 Å². The summed E-state index contributed by atoms with van der Waals surface area (Å²) in [7, 11) is 4.24. The second-order valence-corrected chi connectivity index (χ2v) is 6.70. The lowest BCUT2D eigenvalue weighted by Crippen LogP contribution is -2.46. The summed E-state index contributed by atoms with van der Waals surface area (Å²) in [5.41, 5.74) is -1.11. The van der Waals surface area contributed by atoms with Crippen LogP contribution in [0, 0.1) is 5.92 Å². The van der Waals surface area contributed by atoms with Crippen molar-refractivity contribution in [3.8, 4) is 0 Å². The maximum absolute atomic E-state index is 10.5. The van der Waals surface area contributed by atoms with Gasteiger partial charge in [0.15, 0.2) is 5.96 Å². The van der Waals surface area contributed by atoms with Crippen molar-refractivity contribution in [2.24, 2.45) is 10.9 Å². The molecule has 2 unspecified atom stereocenters. The Morgan fingerprint density at radius 3 is 2.74 bits per heavy atom. The van der Waals surface area contributed by atoms with Crippen LogP contribution in [0.4, 0.5) is 0 Å². The van der Waals surface area contributed by atoms with E-state index in [1.165, 1.54) is 12.8 Å². The molecule has 1 aromatic heterocycles. The van der Waals surface area contributed by atoms with E-state index in [0.29, 0.717) is 11.8 Å². The molecule has 6 heteroatoms. The monoisotopic (exact) mass is 322 g/mol. The van der Waals surface area contributed by atoms with Gasteiger partial charge in [0.25, 0.3) is 0 Å². The van der Waals surface area contributed by atoms with E-state index in [9.17, 15) is 5.11 Å². The van der Waals surface area contributed by atoms with Crippen molar-refractivity contribution in [2.75, 3.05) is 33.7 Å². The highest BCUT2D eigenvalue weighted by Gasteiger charge is 2.32. The molecule has 1 aromatic rings. The van der Waals surface area contributed by atoms with E-state index in [1.54, 1.807) is 25.3 Å². The number of rotatable bonds is 8. The summed E-state index contributed by atoms with van der Waals surface area (Å²) in [5, 5.41) is 17.1. The highest BCUT2D eigenvalue weighted by molar-refractivity contribution is 5.79. The van der Waals surface area contributed by atoms with Gasteiger partial charge in [-0.1, -0.05) is 0 Å². The summed E-state index contributed by atoms with van der Waals surface area (Å²) in [5.74, 6) is 2.04. The summed E-state index contributed by atoms with van der Waals surface area (Å²) in [6.07, 6.45) is 4.19. The molecule has 0 bridgehead atoms. The van der Waals surface area contributed by atoms with Crippen molar-refractivity contribution in [3.05, 3.63) is 24.2 Å². The fraction of sp³-hybridized carbons (Fsp3) is 0.706. The van der Waals surface area contributed by atoms with Crippen LogP contribution in [0.15, 0.2) is 27.8 Å². The quantitative estimate of drug-likeness (QED) is 0.498. The average molecular weight is 322 g/mol. The molecule has 3 N–H and O–H groups in total. The van der Waals surface area contributed by atoms with Crippen molar-refractivity contribution in [1.82, 2.24) is 15.5 Å². The normalized spacial score (nSPS) is 19.5. The van der Waals surface area contributed by atoms with Crippen LogP contribution >= 0.6 is 0 Å². The minimum atomic E-state index is -1.11.